The van der Waals surface area contributed by atoms with E-state index in [0.29, 0.717) is 0 Å². The third-order valence-electron chi connectivity index (χ3n) is 2.62. The molecule has 0 amide bonds. The minimum Gasteiger partial charge on any atom is -0.480 e. The Hall–Kier alpha value is -1.80. The van der Waals surface area contributed by atoms with Crippen LogP contribution in [0.15, 0.2) is 25.0 Å². The van der Waals surface area contributed by atoms with Crippen molar-refractivity contribution in [2.45, 2.75) is 24.9 Å². The van der Waals surface area contributed by atoms with Crippen molar-refractivity contribution >= 4 is 11.9 Å². The van der Waals surface area contributed by atoms with E-state index in [1.165, 1.54) is 12.7 Å². The normalized spacial score (nSPS) is 12.3. The predicted molar refractivity (Wildman–Crippen MR) is 75.8 cm³/mol. The summed E-state index contributed by atoms with van der Waals surface area (Å²) in [6.45, 7) is 0. The molecule has 10 nitrogen and oxygen atoms in total. The largest absolute Gasteiger partial charge is 0.480 e. The molecule has 23 heavy (non-hydrogen) atoms. The van der Waals surface area contributed by atoms with Gasteiger partial charge in [-0.25, -0.2) is 9.97 Å². The Morgan fingerprint density at radius 1 is 0.957 bits per heavy atom. The van der Waals surface area contributed by atoms with Crippen LogP contribution in [0.3, 0.4) is 0 Å². The molecule has 0 aliphatic rings. The van der Waals surface area contributed by atoms with Gasteiger partial charge in [-0.1, -0.05) is 0 Å². The molecule has 0 saturated carbocycles. The second kappa shape index (κ2) is 10.8. The molecule has 0 aliphatic carbocycles. The molecule has 0 unspecified atom stereocenters. The van der Waals surface area contributed by atoms with Gasteiger partial charge in [-0.2, -0.15) is 0 Å². The van der Waals surface area contributed by atoms with Crippen LogP contribution >= 0.6 is 0 Å². The molecule has 0 aliphatic heterocycles. The number of hydrogen-bond acceptors (Lipinski definition) is 6. The number of aliphatic carboxylic acids is 2. The van der Waals surface area contributed by atoms with Crippen molar-refractivity contribution in [2.75, 3.05) is 0 Å². The Kier molecular flexibility index (Phi) is 10.0. The maximum Gasteiger partial charge on any atom is 0.320 e. The Balaban J connectivity index is 0.000000403. The fourth-order valence-corrected chi connectivity index (χ4v) is 1.44. The average Bonchev–Trinajstić information content (AvgIpc) is 3.12. The molecule has 0 spiro atoms. The van der Waals surface area contributed by atoms with Crippen LogP contribution < -0.4 is 11.5 Å². The minimum atomic E-state index is -1.00. The summed E-state index contributed by atoms with van der Waals surface area (Å²) in [5.41, 5.74) is 12.0. The first kappa shape index (κ1) is 21.2. The molecule has 122 valence electrons. The molecule has 8 N–H and O–H groups in total. The van der Waals surface area contributed by atoms with E-state index in [1.54, 1.807) is 12.4 Å². The number of aromatic nitrogens is 4. The van der Waals surface area contributed by atoms with Crippen LogP contribution in [0.1, 0.15) is 11.4 Å². The Labute approximate surface area is 151 Å². The first-order chi connectivity index (χ1) is 10.4. The zero-order valence-electron chi connectivity index (χ0n) is 12.3. The number of imidazole rings is 2. The molecular weight excluding hydrogens is 405 g/mol. The van der Waals surface area contributed by atoms with Gasteiger partial charge in [0.2, 0.25) is 0 Å². The van der Waals surface area contributed by atoms with Gasteiger partial charge in [0.25, 0.3) is 0 Å². The van der Waals surface area contributed by atoms with Crippen molar-refractivity contribution in [3.63, 3.8) is 0 Å². The number of carboxylic acid groups (broad SMARTS) is 2. The Morgan fingerprint density at radius 3 is 1.52 bits per heavy atom. The topological polar surface area (TPSA) is 184 Å². The van der Waals surface area contributed by atoms with Crippen LogP contribution in [-0.2, 0) is 49.7 Å². The third kappa shape index (κ3) is 8.42. The zero-order chi connectivity index (χ0) is 16.5. The summed E-state index contributed by atoms with van der Waals surface area (Å²) in [5.74, 6) is -2.00. The van der Waals surface area contributed by atoms with Gasteiger partial charge in [-0.05, 0) is 0 Å². The summed E-state index contributed by atoms with van der Waals surface area (Å²) < 4.78 is 0. The van der Waals surface area contributed by atoms with Crippen LogP contribution in [0.25, 0.3) is 0 Å². The monoisotopic (exact) mass is 424 g/mol. The molecule has 2 aromatic heterocycles. The van der Waals surface area contributed by atoms with Crippen LogP contribution in [0, 0.1) is 0 Å². The van der Waals surface area contributed by atoms with Gasteiger partial charge >= 0.3 is 11.9 Å². The fourth-order valence-electron chi connectivity index (χ4n) is 1.44. The van der Waals surface area contributed by atoms with Crippen molar-refractivity contribution in [3.8, 4) is 0 Å². The molecular formula is C12H18CdN6O4. The SMILES string of the molecule is N[C@@H](Cc1cnc[nH]1)C(=O)O.N[C@@H](Cc1cnc[nH]1)C(=O)O.[Cd]. The summed E-state index contributed by atoms with van der Waals surface area (Å²) in [4.78, 5) is 33.5. The van der Waals surface area contributed by atoms with Gasteiger partial charge in [0.15, 0.2) is 0 Å². The van der Waals surface area contributed by atoms with Crippen LogP contribution in [0.4, 0.5) is 0 Å². The smallest absolute Gasteiger partial charge is 0.320 e. The molecule has 2 heterocycles. The summed E-state index contributed by atoms with van der Waals surface area (Å²) in [7, 11) is 0. The molecule has 0 bridgehead atoms. The van der Waals surface area contributed by atoms with E-state index in [9.17, 15) is 9.59 Å². The van der Waals surface area contributed by atoms with Gasteiger partial charge in [-0.15, -0.1) is 0 Å². The van der Waals surface area contributed by atoms with Gasteiger partial charge in [0.1, 0.15) is 12.1 Å². The predicted octanol–water partition coefficient (Wildman–Crippen LogP) is -1.27. The number of carboxylic acids is 2. The van der Waals surface area contributed by atoms with E-state index >= 15 is 0 Å². The first-order valence-electron chi connectivity index (χ1n) is 6.31. The van der Waals surface area contributed by atoms with Crippen molar-refractivity contribution in [1.82, 2.24) is 19.9 Å². The summed E-state index contributed by atoms with van der Waals surface area (Å²) >= 11 is 0. The maximum atomic E-state index is 10.3. The van der Waals surface area contributed by atoms with Gasteiger partial charge in [0.05, 0.1) is 12.7 Å². The van der Waals surface area contributed by atoms with Crippen molar-refractivity contribution in [3.05, 3.63) is 36.4 Å². The van der Waals surface area contributed by atoms with E-state index in [4.69, 9.17) is 21.7 Å². The molecule has 2 aromatic rings. The molecule has 0 aromatic carbocycles. The molecule has 0 fully saturated rings. The standard InChI is InChI=1S/2C6H9N3O2.Cd/c2*7-5(6(10)11)1-4-2-8-3-9-4;/h2*2-3,5H,1,7H2,(H,8,9)(H,10,11);/t2*5-;/m00./s1. The van der Waals surface area contributed by atoms with Crippen molar-refractivity contribution < 1.29 is 47.1 Å². The van der Waals surface area contributed by atoms with E-state index in [1.807, 2.05) is 0 Å². The molecule has 2 rings (SSSR count). The molecule has 0 radical (unpaired) electrons. The van der Waals surface area contributed by atoms with Crippen molar-refractivity contribution in [2.24, 2.45) is 11.5 Å². The van der Waals surface area contributed by atoms with Crippen LogP contribution in [0.5, 0.6) is 0 Å². The number of H-pyrrole nitrogens is 2. The Morgan fingerprint density at radius 2 is 1.30 bits per heavy atom. The van der Waals surface area contributed by atoms with E-state index in [2.05, 4.69) is 19.9 Å². The van der Waals surface area contributed by atoms with Crippen molar-refractivity contribution in [1.29, 1.82) is 0 Å². The van der Waals surface area contributed by atoms with Crippen LogP contribution in [-0.4, -0.2) is 54.2 Å². The number of carbonyl (C=O) groups is 2. The molecule has 11 heteroatoms. The first-order valence-corrected chi connectivity index (χ1v) is 6.31. The van der Waals surface area contributed by atoms with E-state index in [0.717, 1.165) is 11.4 Å². The zero-order valence-corrected chi connectivity index (χ0v) is 16.4. The molecule has 2 atom stereocenters. The summed E-state index contributed by atoms with van der Waals surface area (Å²) in [6, 6.07) is -1.70. The fraction of sp³-hybridized carbons (Fsp3) is 0.333. The number of rotatable bonds is 6. The quantitative estimate of drug-likeness (QED) is 0.311. The second-order valence-electron chi connectivity index (χ2n) is 4.45. The Bertz CT molecular complexity index is 522. The number of nitrogens with one attached hydrogen (secondary N) is 2. The van der Waals surface area contributed by atoms with E-state index in [-0.39, 0.29) is 40.1 Å². The second-order valence-corrected chi connectivity index (χ2v) is 4.45. The summed E-state index contributed by atoms with van der Waals surface area (Å²) in [5, 5.41) is 16.8. The van der Waals surface area contributed by atoms with Gasteiger partial charge in [-0.3, -0.25) is 9.59 Å². The van der Waals surface area contributed by atoms with Crippen LogP contribution in [0.2, 0.25) is 0 Å². The van der Waals surface area contributed by atoms with Gasteiger partial charge < -0.3 is 31.6 Å². The number of aromatic amines is 2. The maximum absolute atomic E-state index is 10.3. The molecule has 0 saturated heterocycles. The third-order valence-corrected chi connectivity index (χ3v) is 2.62. The average molecular weight is 423 g/mol. The summed E-state index contributed by atoms with van der Waals surface area (Å²) in [6.07, 6.45) is 6.67. The minimum absolute atomic E-state index is 0. The number of nitrogens with zero attached hydrogens (tertiary/aromatic N) is 2. The number of nitrogens with two attached hydrogens (primary N) is 2. The van der Waals surface area contributed by atoms with E-state index < -0.39 is 24.0 Å². The number of hydrogen-bond donors (Lipinski definition) is 6. The van der Waals surface area contributed by atoms with Gasteiger partial charge in [0, 0.05) is 63.9 Å².